The Labute approximate surface area is 117 Å². The van der Waals surface area contributed by atoms with Gasteiger partial charge in [-0.3, -0.25) is 4.79 Å². The van der Waals surface area contributed by atoms with Gasteiger partial charge in [0.2, 0.25) is 5.91 Å². The van der Waals surface area contributed by atoms with Crippen LogP contribution in [0, 0.1) is 0 Å². The predicted octanol–water partition coefficient (Wildman–Crippen LogP) is 3.84. The summed E-state index contributed by atoms with van der Waals surface area (Å²) in [5, 5.41) is 5.99. The molecule has 0 aliphatic rings. The Morgan fingerprint density at radius 3 is 2.68 bits per heavy atom. The van der Waals surface area contributed by atoms with Gasteiger partial charge in [0.25, 0.3) is 0 Å². The zero-order chi connectivity index (χ0) is 13.7. The molecule has 2 aromatic rings. The minimum Gasteiger partial charge on any atom is -0.326 e. The van der Waals surface area contributed by atoms with E-state index in [1.54, 1.807) is 11.3 Å². The molecule has 0 bridgehead atoms. The van der Waals surface area contributed by atoms with Gasteiger partial charge in [0.15, 0.2) is 0 Å². The number of carbonyl (C=O) groups excluding carboxylic acids is 1. The first-order valence-electron chi connectivity index (χ1n) is 6.44. The second-order valence-corrected chi connectivity index (χ2v) is 5.68. The number of anilines is 1. The highest BCUT2D eigenvalue weighted by Crippen LogP contribution is 2.18. The number of para-hydroxylation sites is 1. The third kappa shape index (κ3) is 4.17. The van der Waals surface area contributed by atoms with Crippen LogP contribution in [0.25, 0.3) is 0 Å². The maximum absolute atomic E-state index is 11.8. The summed E-state index contributed by atoms with van der Waals surface area (Å²) in [6, 6.07) is 9.52. The molecule has 1 N–H and O–H groups in total. The third-order valence-electron chi connectivity index (χ3n) is 2.78. The van der Waals surface area contributed by atoms with E-state index in [2.05, 4.69) is 29.5 Å². The largest absolute Gasteiger partial charge is 0.326 e. The fourth-order valence-electron chi connectivity index (χ4n) is 1.67. The maximum Gasteiger partial charge on any atom is 0.224 e. The van der Waals surface area contributed by atoms with Crippen molar-refractivity contribution in [2.45, 2.75) is 32.6 Å². The van der Waals surface area contributed by atoms with E-state index in [9.17, 15) is 4.79 Å². The summed E-state index contributed by atoms with van der Waals surface area (Å²) in [5.41, 5.74) is 1.96. The number of nitrogens with zero attached hydrogens (tertiary/aromatic N) is 1. The number of amides is 1. The van der Waals surface area contributed by atoms with Gasteiger partial charge >= 0.3 is 0 Å². The molecule has 0 atom stereocenters. The third-order valence-corrected chi connectivity index (χ3v) is 3.71. The Balaban J connectivity index is 1.83. The average Bonchev–Trinajstić information content (AvgIpc) is 2.86. The SMILES string of the molecule is CC(C)c1csc(CCC(=O)Nc2ccccc2)n1. The monoisotopic (exact) mass is 274 g/mol. The van der Waals surface area contributed by atoms with Crippen LogP contribution in [-0.4, -0.2) is 10.9 Å². The summed E-state index contributed by atoms with van der Waals surface area (Å²) in [6.45, 7) is 4.25. The average molecular weight is 274 g/mol. The Morgan fingerprint density at radius 2 is 2.05 bits per heavy atom. The van der Waals surface area contributed by atoms with E-state index < -0.39 is 0 Å². The lowest BCUT2D eigenvalue weighted by atomic mass is 10.2. The van der Waals surface area contributed by atoms with Crippen LogP contribution in [0.2, 0.25) is 0 Å². The second-order valence-electron chi connectivity index (χ2n) is 4.74. The van der Waals surface area contributed by atoms with E-state index in [-0.39, 0.29) is 5.91 Å². The van der Waals surface area contributed by atoms with Crippen molar-refractivity contribution in [1.29, 1.82) is 0 Å². The molecule has 0 saturated carbocycles. The Kier molecular flexibility index (Phi) is 4.68. The molecule has 2 rings (SSSR count). The van der Waals surface area contributed by atoms with Crippen LogP contribution in [0.5, 0.6) is 0 Å². The number of aromatic nitrogens is 1. The fourth-order valence-corrected chi connectivity index (χ4v) is 2.63. The minimum absolute atomic E-state index is 0.0347. The Bertz CT molecular complexity index is 534. The zero-order valence-electron chi connectivity index (χ0n) is 11.2. The van der Waals surface area contributed by atoms with E-state index in [1.165, 1.54) is 0 Å². The highest BCUT2D eigenvalue weighted by atomic mass is 32.1. The molecule has 1 aromatic heterocycles. The van der Waals surface area contributed by atoms with Gasteiger partial charge in [0.1, 0.15) is 0 Å². The molecule has 100 valence electrons. The molecule has 4 heteroatoms. The number of thiazole rings is 1. The van der Waals surface area contributed by atoms with Crippen LogP contribution in [0.15, 0.2) is 35.7 Å². The zero-order valence-corrected chi connectivity index (χ0v) is 12.0. The van der Waals surface area contributed by atoms with Crippen LogP contribution in [0.4, 0.5) is 5.69 Å². The lowest BCUT2D eigenvalue weighted by Gasteiger charge is -2.03. The normalized spacial score (nSPS) is 10.7. The first-order valence-corrected chi connectivity index (χ1v) is 7.32. The number of carbonyl (C=O) groups is 1. The fraction of sp³-hybridized carbons (Fsp3) is 0.333. The van der Waals surface area contributed by atoms with Crippen molar-refractivity contribution in [3.8, 4) is 0 Å². The van der Waals surface area contributed by atoms with Crippen LogP contribution in [0.1, 0.15) is 36.9 Å². The van der Waals surface area contributed by atoms with Crippen LogP contribution in [-0.2, 0) is 11.2 Å². The number of rotatable bonds is 5. The van der Waals surface area contributed by atoms with Crippen molar-refractivity contribution in [3.05, 3.63) is 46.4 Å². The smallest absolute Gasteiger partial charge is 0.224 e. The van der Waals surface area contributed by atoms with Crippen molar-refractivity contribution >= 4 is 22.9 Å². The molecule has 0 aliphatic heterocycles. The Hall–Kier alpha value is -1.68. The molecule has 0 radical (unpaired) electrons. The number of nitrogens with one attached hydrogen (secondary N) is 1. The highest BCUT2D eigenvalue weighted by molar-refractivity contribution is 7.09. The quantitative estimate of drug-likeness (QED) is 0.900. The number of hydrogen-bond donors (Lipinski definition) is 1. The molecule has 0 aliphatic carbocycles. The molecular weight excluding hydrogens is 256 g/mol. The van der Waals surface area contributed by atoms with Gasteiger partial charge in [-0.25, -0.2) is 4.98 Å². The topological polar surface area (TPSA) is 42.0 Å². The number of hydrogen-bond acceptors (Lipinski definition) is 3. The molecule has 19 heavy (non-hydrogen) atoms. The number of benzene rings is 1. The van der Waals surface area contributed by atoms with Gasteiger partial charge in [-0.05, 0) is 18.1 Å². The summed E-state index contributed by atoms with van der Waals surface area (Å²) in [4.78, 5) is 16.3. The van der Waals surface area contributed by atoms with E-state index in [0.717, 1.165) is 16.4 Å². The molecule has 3 nitrogen and oxygen atoms in total. The standard InChI is InChI=1S/C15H18N2OS/c1-11(2)13-10-19-15(17-13)9-8-14(18)16-12-6-4-3-5-7-12/h3-7,10-11H,8-9H2,1-2H3,(H,16,18). The molecule has 1 amide bonds. The lowest BCUT2D eigenvalue weighted by molar-refractivity contribution is -0.116. The molecule has 1 aromatic carbocycles. The van der Waals surface area contributed by atoms with Gasteiger partial charge in [0.05, 0.1) is 10.7 Å². The molecular formula is C15H18N2OS. The van der Waals surface area contributed by atoms with Gasteiger partial charge in [0, 0.05) is 23.9 Å². The van der Waals surface area contributed by atoms with Crippen LogP contribution >= 0.6 is 11.3 Å². The van der Waals surface area contributed by atoms with Crippen molar-refractivity contribution < 1.29 is 4.79 Å². The minimum atomic E-state index is 0.0347. The molecule has 0 fully saturated rings. The summed E-state index contributed by atoms with van der Waals surface area (Å²) in [7, 11) is 0. The molecule has 1 heterocycles. The van der Waals surface area contributed by atoms with Crippen LogP contribution < -0.4 is 5.32 Å². The van der Waals surface area contributed by atoms with Gasteiger partial charge in [-0.1, -0.05) is 32.0 Å². The lowest BCUT2D eigenvalue weighted by Crippen LogP contribution is -2.12. The molecule has 0 unspecified atom stereocenters. The Morgan fingerprint density at radius 1 is 1.32 bits per heavy atom. The van der Waals surface area contributed by atoms with Crippen molar-refractivity contribution in [1.82, 2.24) is 4.98 Å². The maximum atomic E-state index is 11.8. The van der Waals surface area contributed by atoms with E-state index in [0.29, 0.717) is 18.8 Å². The van der Waals surface area contributed by atoms with Gasteiger partial charge < -0.3 is 5.32 Å². The van der Waals surface area contributed by atoms with Crippen molar-refractivity contribution in [2.75, 3.05) is 5.32 Å². The predicted molar refractivity (Wildman–Crippen MR) is 79.6 cm³/mol. The molecule has 0 spiro atoms. The number of aryl methyl sites for hydroxylation is 1. The van der Waals surface area contributed by atoms with Crippen LogP contribution in [0.3, 0.4) is 0 Å². The van der Waals surface area contributed by atoms with Gasteiger partial charge in [-0.2, -0.15) is 0 Å². The van der Waals surface area contributed by atoms with E-state index >= 15 is 0 Å². The highest BCUT2D eigenvalue weighted by Gasteiger charge is 2.08. The molecule has 0 saturated heterocycles. The summed E-state index contributed by atoms with van der Waals surface area (Å²) in [6.07, 6.45) is 1.18. The first-order chi connectivity index (χ1) is 9.15. The van der Waals surface area contributed by atoms with E-state index in [1.807, 2.05) is 30.3 Å². The summed E-state index contributed by atoms with van der Waals surface area (Å²) >= 11 is 1.64. The summed E-state index contributed by atoms with van der Waals surface area (Å²) in [5.74, 6) is 0.482. The van der Waals surface area contributed by atoms with E-state index in [4.69, 9.17) is 0 Å². The van der Waals surface area contributed by atoms with Crippen molar-refractivity contribution in [3.63, 3.8) is 0 Å². The second kappa shape index (κ2) is 6.48. The van der Waals surface area contributed by atoms with Gasteiger partial charge in [-0.15, -0.1) is 11.3 Å². The summed E-state index contributed by atoms with van der Waals surface area (Å²) < 4.78 is 0. The first kappa shape index (κ1) is 13.7. The van der Waals surface area contributed by atoms with Crippen molar-refractivity contribution in [2.24, 2.45) is 0 Å².